The van der Waals surface area contributed by atoms with Crippen molar-refractivity contribution >= 4 is 5.69 Å². The summed E-state index contributed by atoms with van der Waals surface area (Å²) in [5, 5.41) is 9.81. The maximum absolute atomic E-state index is 9.81. The zero-order chi connectivity index (χ0) is 11.7. The molecule has 0 radical (unpaired) electrons. The van der Waals surface area contributed by atoms with Gasteiger partial charge in [0.25, 0.3) is 0 Å². The highest BCUT2D eigenvalue weighted by Gasteiger charge is 2.21. The fraction of sp³-hybridized carbons (Fsp3) is 0.600. The fourth-order valence-electron chi connectivity index (χ4n) is 3.11. The number of rotatable bonds is 1. The molecule has 0 saturated carbocycles. The van der Waals surface area contributed by atoms with Gasteiger partial charge in [-0.25, -0.2) is 0 Å². The third-order valence-corrected chi connectivity index (χ3v) is 4.14. The van der Waals surface area contributed by atoms with E-state index in [0.29, 0.717) is 0 Å². The van der Waals surface area contributed by atoms with Gasteiger partial charge in [0.15, 0.2) is 0 Å². The Bertz CT molecular complexity index is 394. The standard InChI is InChI=1S/C15H21NO/c17-15-8-5-12-11-13(6-7-14(12)15)16-9-3-1-2-4-10-16/h6-7,11,15,17H,1-5,8-10H2. The first-order chi connectivity index (χ1) is 8.34. The topological polar surface area (TPSA) is 23.5 Å². The van der Waals surface area contributed by atoms with Gasteiger partial charge in [-0.2, -0.15) is 0 Å². The van der Waals surface area contributed by atoms with Crippen LogP contribution < -0.4 is 4.90 Å². The van der Waals surface area contributed by atoms with Crippen LogP contribution in [0.1, 0.15) is 49.3 Å². The van der Waals surface area contributed by atoms with Crippen LogP contribution in [0.4, 0.5) is 5.69 Å². The van der Waals surface area contributed by atoms with E-state index in [1.54, 1.807) is 0 Å². The number of fused-ring (bicyclic) bond motifs is 1. The Morgan fingerprint density at radius 2 is 1.82 bits per heavy atom. The normalized spacial score (nSPS) is 24.5. The summed E-state index contributed by atoms with van der Waals surface area (Å²) in [5.41, 5.74) is 3.88. The number of benzene rings is 1. The van der Waals surface area contributed by atoms with Crippen molar-refractivity contribution in [2.45, 2.75) is 44.6 Å². The van der Waals surface area contributed by atoms with E-state index in [-0.39, 0.29) is 6.10 Å². The largest absolute Gasteiger partial charge is 0.388 e. The smallest absolute Gasteiger partial charge is 0.0795 e. The van der Waals surface area contributed by atoms with Gasteiger partial charge in [0.1, 0.15) is 0 Å². The number of aryl methyl sites for hydroxylation is 1. The van der Waals surface area contributed by atoms with E-state index in [2.05, 4.69) is 23.1 Å². The Balaban J connectivity index is 1.83. The van der Waals surface area contributed by atoms with E-state index in [9.17, 15) is 5.11 Å². The first-order valence-corrected chi connectivity index (χ1v) is 6.90. The van der Waals surface area contributed by atoms with Gasteiger partial charge in [-0.05, 0) is 48.9 Å². The van der Waals surface area contributed by atoms with Gasteiger partial charge in [-0.3, -0.25) is 0 Å². The summed E-state index contributed by atoms with van der Waals surface area (Å²) in [6, 6.07) is 6.63. The lowest BCUT2D eigenvalue weighted by molar-refractivity contribution is 0.180. The van der Waals surface area contributed by atoms with E-state index in [1.807, 2.05) is 0 Å². The lowest BCUT2D eigenvalue weighted by Gasteiger charge is -2.23. The SMILES string of the molecule is OC1CCc2cc(N3CCCCCC3)ccc21. The highest BCUT2D eigenvalue weighted by Crippen LogP contribution is 2.34. The summed E-state index contributed by atoms with van der Waals surface area (Å²) in [4.78, 5) is 2.51. The average Bonchev–Trinajstić information content (AvgIpc) is 2.58. The summed E-state index contributed by atoms with van der Waals surface area (Å²) in [6.07, 6.45) is 7.11. The maximum atomic E-state index is 9.81. The van der Waals surface area contributed by atoms with E-state index in [1.165, 1.54) is 50.0 Å². The molecule has 1 unspecified atom stereocenters. The minimum absolute atomic E-state index is 0.219. The minimum Gasteiger partial charge on any atom is -0.388 e. The highest BCUT2D eigenvalue weighted by molar-refractivity contribution is 5.52. The van der Waals surface area contributed by atoms with E-state index in [0.717, 1.165) is 18.4 Å². The third-order valence-electron chi connectivity index (χ3n) is 4.14. The van der Waals surface area contributed by atoms with Crippen LogP contribution in [0.15, 0.2) is 18.2 Å². The Kier molecular flexibility index (Phi) is 3.06. The van der Waals surface area contributed by atoms with Crippen molar-refractivity contribution in [2.24, 2.45) is 0 Å². The number of aliphatic hydroxyl groups excluding tert-OH is 1. The lowest BCUT2D eigenvalue weighted by Crippen LogP contribution is -2.23. The van der Waals surface area contributed by atoms with Crippen LogP contribution in [-0.4, -0.2) is 18.2 Å². The van der Waals surface area contributed by atoms with Crippen molar-refractivity contribution in [3.05, 3.63) is 29.3 Å². The summed E-state index contributed by atoms with van der Waals surface area (Å²) in [5.74, 6) is 0. The van der Waals surface area contributed by atoms with Crippen molar-refractivity contribution in [1.82, 2.24) is 0 Å². The van der Waals surface area contributed by atoms with Crippen LogP contribution >= 0.6 is 0 Å². The second-order valence-corrected chi connectivity index (χ2v) is 5.34. The maximum Gasteiger partial charge on any atom is 0.0795 e. The van der Waals surface area contributed by atoms with Crippen LogP contribution in [0.3, 0.4) is 0 Å². The van der Waals surface area contributed by atoms with Crippen molar-refractivity contribution < 1.29 is 5.11 Å². The predicted octanol–water partition coefficient (Wildman–Crippen LogP) is 3.05. The molecule has 1 aliphatic carbocycles. The van der Waals surface area contributed by atoms with Crippen molar-refractivity contribution in [2.75, 3.05) is 18.0 Å². The molecular weight excluding hydrogens is 210 g/mol. The van der Waals surface area contributed by atoms with Crippen LogP contribution in [0, 0.1) is 0 Å². The van der Waals surface area contributed by atoms with Gasteiger partial charge < -0.3 is 10.0 Å². The zero-order valence-electron chi connectivity index (χ0n) is 10.4. The predicted molar refractivity (Wildman–Crippen MR) is 70.4 cm³/mol. The molecule has 2 heteroatoms. The molecule has 1 aliphatic heterocycles. The minimum atomic E-state index is -0.219. The van der Waals surface area contributed by atoms with E-state index >= 15 is 0 Å². The first-order valence-electron chi connectivity index (χ1n) is 6.90. The monoisotopic (exact) mass is 231 g/mol. The molecule has 0 spiro atoms. The number of aliphatic hydroxyl groups is 1. The Labute approximate surface area is 103 Å². The van der Waals surface area contributed by atoms with Gasteiger partial charge in [0, 0.05) is 18.8 Å². The van der Waals surface area contributed by atoms with Gasteiger partial charge in [-0.15, -0.1) is 0 Å². The Hall–Kier alpha value is -1.02. The fourth-order valence-corrected chi connectivity index (χ4v) is 3.11. The molecule has 0 aromatic heterocycles. The highest BCUT2D eigenvalue weighted by atomic mass is 16.3. The molecule has 0 amide bonds. The Morgan fingerprint density at radius 1 is 1.06 bits per heavy atom. The number of hydrogen-bond acceptors (Lipinski definition) is 2. The van der Waals surface area contributed by atoms with Gasteiger partial charge in [-0.1, -0.05) is 18.9 Å². The summed E-state index contributed by atoms with van der Waals surface area (Å²) in [7, 11) is 0. The van der Waals surface area contributed by atoms with E-state index in [4.69, 9.17) is 0 Å². The molecule has 1 heterocycles. The first kappa shape index (κ1) is 11.1. The van der Waals surface area contributed by atoms with Crippen LogP contribution in [0.5, 0.6) is 0 Å². The van der Waals surface area contributed by atoms with Crippen LogP contribution in [-0.2, 0) is 6.42 Å². The van der Waals surface area contributed by atoms with Crippen LogP contribution in [0.2, 0.25) is 0 Å². The molecule has 1 saturated heterocycles. The summed E-state index contributed by atoms with van der Waals surface area (Å²) in [6.45, 7) is 2.39. The second kappa shape index (κ2) is 4.69. The average molecular weight is 231 g/mol. The molecule has 2 aliphatic rings. The molecule has 17 heavy (non-hydrogen) atoms. The molecule has 1 N–H and O–H groups in total. The number of nitrogens with zero attached hydrogens (tertiary/aromatic N) is 1. The van der Waals surface area contributed by atoms with Gasteiger partial charge in [0.2, 0.25) is 0 Å². The lowest BCUT2D eigenvalue weighted by atomic mass is 10.1. The molecule has 2 nitrogen and oxygen atoms in total. The molecule has 3 rings (SSSR count). The van der Waals surface area contributed by atoms with Crippen molar-refractivity contribution in [1.29, 1.82) is 0 Å². The zero-order valence-corrected chi connectivity index (χ0v) is 10.4. The number of anilines is 1. The molecule has 1 atom stereocenters. The number of hydrogen-bond donors (Lipinski definition) is 1. The molecule has 1 fully saturated rings. The third kappa shape index (κ3) is 2.19. The van der Waals surface area contributed by atoms with Gasteiger partial charge in [0.05, 0.1) is 6.10 Å². The van der Waals surface area contributed by atoms with E-state index < -0.39 is 0 Å². The molecule has 92 valence electrons. The summed E-state index contributed by atoms with van der Waals surface area (Å²) < 4.78 is 0. The summed E-state index contributed by atoms with van der Waals surface area (Å²) >= 11 is 0. The molecule has 1 aromatic carbocycles. The quantitative estimate of drug-likeness (QED) is 0.803. The molecular formula is C15H21NO. The van der Waals surface area contributed by atoms with Gasteiger partial charge >= 0.3 is 0 Å². The Morgan fingerprint density at radius 3 is 2.59 bits per heavy atom. The van der Waals surface area contributed by atoms with Crippen molar-refractivity contribution in [3.63, 3.8) is 0 Å². The van der Waals surface area contributed by atoms with Crippen molar-refractivity contribution in [3.8, 4) is 0 Å². The molecule has 1 aromatic rings. The molecule has 0 bridgehead atoms. The second-order valence-electron chi connectivity index (χ2n) is 5.34. The van der Waals surface area contributed by atoms with Crippen LogP contribution in [0.25, 0.3) is 0 Å².